The van der Waals surface area contributed by atoms with Gasteiger partial charge in [0, 0.05) is 22.1 Å². The van der Waals surface area contributed by atoms with Crippen molar-refractivity contribution in [1.29, 1.82) is 0 Å². The van der Waals surface area contributed by atoms with Crippen LogP contribution in [0.5, 0.6) is 11.5 Å². The average molecular weight is 334 g/mol. The van der Waals surface area contributed by atoms with Crippen LogP contribution in [0.2, 0.25) is 0 Å². The van der Waals surface area contributed by atoms with Crippen molar-refractivity contribution in [1.82, 2.24) is 5.32 Å². The van der Waals surface area contributed by atoms with Crippen molar-refractivity contribution in [2.24, 2.45) is 0 Å². The number of benzene rings is 2. The summed E-state index contributed by atoms with van der Waals surface area (Å²) in [4.78, 5) is 0. The van der Waals surface area contributed by atoms with Crippen LogP contribution in [0.1, 0.15) is 30.1 Å². The lowest BCUT2D eigenvalue weighted by atomic mass is 10.0. The number of fused-ring (bicyclic) bond motifs is 1. The molecular weight excluding hydrogens is 318 g/mol. The zero-order chi connectivity index (χ0) is 14.1. The fraction of sp³-hybridized carbons (Fsp3) is 0.250. The minimum absolute atomic E-state index is 0.157. The highest BCUT2D eigenvalue weighted by atomic mass is 79.9. The van der Waals surface area contributed by atoms with Crippen molar-refractivity contribution < 1.29 is 9.84 Å². The van der Waals surface area contributed by atoms with E-state index in [0.717, 1.165) is 15.8 Å². The Morgan fingerprint density at radius 1 is 1.25 bits per heavy atom. The smallest absolute Gasteiger partial charge is 0.127 e. The van der Waals surface area contributed by atoms with Crippen molar-refractivity contribution >= 4 is 15.9 Å². The lowest BCUT2D eigenvalue weighted by Crippen LogP contribution is -2.25. The molecule has 2 N–H and O–H groups in total. The third-order valence-corrected chi connectivity index (χ3v) is 4.13. The lowest BCUT2D eigenvalue weighted by Gasteiger charge is -2.19. The second-order valence-corrected chi connectivity index (χ2v) is 5.94. The fourth-order valence-corrected chi connectivity index (χ4v) is 2.75. The molecule has 3 nitrogen and oxygen atoms in total. The van der Waals surface area contributed by atoms with Crippen LogP contribution in [0.15, 0.2) is 46.9 Å². The first kappa shape index (κ1) is 13.5. The van der Waals surface area contributed by atoms with Gasteiger partial charge in [0.25, 0.3) is 0 Å². The molecule has 3 rings (SSSR count). The van der Waals surface area contributed by atoms with Gasteiger partial charge in [-0.2, -0.15) is 0 Å². The predicted molar refractivity (Wildman–Crippen MR) is 82.0 cm³/mol. The average Bonchev–Trinajstić information content (AvgIpc) is 2.81. The van der Waals surface area contributed by atoms with Crippen molar-refractivity contribution in [2.75, 3.05) is 6.61 Å². The topological polar surface area (TPSA) is 41.5 Å². The molecule has 20 heavy (non-hydrogen) atoms. The second-order valence-electron chi connectivity index (χ2n) is 5.03. The number of hydrogen-bond acceptors (Lipinski definition) is 3. The van der Waals surface area contributed by atoms with Crippen LogP contribution >= 0.6 is 15.9 Å². The number of nitrogens with one attached hydrogen (secondary N) is 1. The number of ether oxygens (including phenoxy) is 1. The summed E-state index contributed by atoms with van der Waals surface area (Å²) in [6, 6.07) is 14.0. The van der Waals surface area contributed by atoms with Crippen LogP contribution in [0, 0.1) is 0 Å². The van der Waals surface area contributed by atoms with Crippen LogP contribution in [0.3, 0.4) is 0 Å². The Balaban J connectivity index is 1.75. The summed E-state index contributed by atoms with van der Waals surface area (Å²) in [7, 11) is 0. The Bertz CT molecular complexity index is 612. The third-order valence-electron chi connectivity index (χ3n) is 3.60. The molecule has 4 heteroatoms. The molecule has 0 fully saturated rings. The Kier molecular flexibility index (Phi) is 3.68. The number of halogens is 1. The summed E-state index contributed by atoms with van der Waals surface area (Å²) in [5.41, 5.74) is 2.34. The first-order chi connectivity index (χ1) is 9.63. The summed E-state index contributed by atoms with van der Waals surface area (Å²) in [6.07, 6.45) is 0. The largest absolute Gasteiger partial charge is 0.508 e. The Morgan fingerprint density at radius 3 is 2.75 bits per heavy atom. The molecule has 0 radical (unpaired) electrons. The maximum Gasteiger partial charge on any atom is 0.127 e. The van der Waals surface area contributed by atoms with Crippen LogP contribution in [0.4, 0.5) is 0 Å². The van der Waals surface area contributed by atoms with Gasteiger partial charge in [0.15, 0.2) is 0 Å². The molecule has 0 aromatic heterocycles. The predicted octanol–water partition coefficient (Wildman–Crippen LogP) is 3.94. The van der Waals surface area contributed by atoms with E-state index in [9.17, 15) is 5.11 Å². The molecule has 0 saturated heterocycles. The Hall–Kier alpha value is -1.52. The summed E-state index contributed by atoms with van der Waals surface area (Å²) in [5, 5.41) is 13.0. The van der Waals surface area contributed by atoms with Gasteiger partial charge in [-0.3, -0.25) is 0 Å². The molecule has 0 amide bonds. The van der Waals surface area contributed by atoms with Crippen LogP contribution in [-0.4, -0.2) is 11.7 Å². The maximum atomic E-state index is 9.46. The van der Waals surface area contributed by atoms with E-state index >= 15 is 0 Å². The SMILES string of the molecule is C[C@@H](NC1COc2cc(O)ccc21)c1ccc(Br)cc1. The number of phenolic OH excluding ortho intramolecular Hbond substituents is 1. The highest BCUT2D eigenvalue weighted by Crippen LogP contribution is 2.36. The summed E-state index contributed by atoms with van der Waals surface area (Å²) in [5.74, 6) is 1.01. The Labute approximate surface area is 126 Å². The molecule has 2 aromatic carbocycles. The molecule has 0 spiro atoms. The van der Waals surface area contributed by atoms with Gasteiger partial charge in [-0.05, 0) is 36.8 Å². The van der Waals surface area contributed by atoms with Crippen LogP contribution in [0.25, 0.3) is 0 Å². The van der Waals surface area contributed by atoms with E-state index in [0.29, 0.717) is 6.61 Å². The van der Waals surface area contributed by atoms with Gasteiger partial charge >= 0.3 is 0 Å². The van der Waals surface area contributed by atoms with E-state index in [-0.39, 0.29) is 17.8 Å². The molecule has 1 aliphatic rings. The molecule has 1 aliphatic heterocycles. The normalized spacial score (nSPS) is 18.4. The molecule has 0 saturated carbocycles. The fourth-order valence-electron chi connectivity index (χ4n) is 2.49. The van der Waals surface area contributed by atoms with Crippen molar-refractivity contribution in [3.63, 3.8) is 0 Å². The zero-order valence-electron chi connectivity index (χ0n) is 11.1. The van der Waals surface area contributed by atoms with Gasteiger partial charge in [-0.25, -0.2) is 0 Å². The number of aromatic hydroxyl groups is 1. The summed E-state index contributed by atoms with van der Waals surface area (Å²) in [6.45, 7) is 2.74. The molecule has 0 bridgehead atoms. The number of rotatable bonds is 3. The highest BCUT2D eigenvalue weighted by Gasteiger charge is 2.25. The standard InChI is InChI=1S/C16H16BrNO2/c1-10(11-2-4-12(17)5-3-11)18-15-9-20-16-8-13(19)6-7-14(15)16/h2-8,10,15,18-19H,9H2,1H3/t10-,15?/m1/s1. The molecule has 2 aromatic rings. The molecular formula is C16H16BrNO2. The third kappa shape index (κ3) is 2.67. The molecule has 104 valence electrons. The molecule has 1 unspecified atom stereocenters. The minimum Gasteiger partial charge on any atom is -0.508 e. The van der Waals surface area contributed by atoms with E-state index in [1.165, 1.54) is 5.56 Å². The van der Waals surface area contributed by atoms with E-state index in [4.69, 9.17) is 4.74 Å². The molecule has 1 heterocycles. The molecule has 0 aliphatic carbocycles. The zero-order valence-corrected chi connectivity index (χ0v) is 12.7. The van der Waals surface area contributed by atoms with Gasteiger partial charge in [0.05, 0.1) is 6.04 Å². The van der Waals surface area contributed by atoms with Crippen molar-refractivity contribution in [3.05, 3.63) is 58.1 Å². The number of hydrogen-bond donors (Lipinski definition) is 2. The van der Waals surface area contributed by atoms with E-state index in [2.05, 4.69) is 40.3 Å². The minimum atomic E-state index is 0.157. The van der Waals surface area contributed by atoms with Crippen molar-refractivity contribution in [2.45, 2.75) is 19.0 Å². The highest BCUT2D eigenvalue weighted by molar-refractivity contribution is 9.10. The van der Waals surface area contributed by atoms with Crippen molar-refractivity contribution in [3.8, 4) is 11.5 Å². The summed E-state index contributed by atoms with van der Waals surface area (Å²) < 4.78 is 6.70. The Morgan fingerprint density at radius 2 is 2.00 bits per heavy atom. The van der Waals surface area contributed by atoms with Gasteiger partial charge in [-0.15, -0.1) is 0 Å². The summed E-state index contributed by atoms with van der Waals surface area (Å²) >= 11 is 3.45. The van der Waals surface area contributed by atoms with Gasteiger partial charge in [0.1, 0.15) is 18.1 Å². The van der Waals surface area contributed by atoms with Crippen LogP contribution in [-0.2, 0) is 0 Å². The van der Waals surface area contributed by atoms with Gasteiger partial charge < -0.3 is 15.2 Å². The lowest BCUT2D eigenvalue weighted by molar-refractivity contribution is 0.300. The van der Waals surface area contributed by atoms with Gasteiger partial charge in [-0.1, -0.05) is 28.1 Å². The van der Waals surface area contributed by atoms with E-state index in [1.807, 2.05) is 18.2 Å². The number of phenols is 1. The van der Waals surface area contributed by atoms with Gasteiger partial charge in [0.2, 0.25) is 0 Å². The van der Waals surface area contributed by atoms with E-state index < -0.39 is 0 Å². The maximum absolute atomic E-state index is 9.46. The van der Waals surface area contributed by atoms with Crippen LogP contribution < -0.4 is 10.1 Å². The van der Waals surface area contributed by atoms with E-state index in [1.54, 1.807) is 12.1 Å². The quantitative estimate of drug-likeness (QED) is 0.893. The second kappa shape index (κ2) is 5.46. The monoisotopic (exact) mass is 333 g/mol. The first-order valence-corrected chi connectivity index (χ1v) is 7.40. The molecule has 2 atom stereocenters. The first-order valence-electron chi connectivity index (χ1n) is 6.61.